The van der Waals surface area contributed by atoms with Gasteiger partial charge >= 0.3 is 0 Å². The molecule has 0 bridgehead atoms. The van der Waals surface area contributed by atoms with Crippen molar-refractivity contribution in [2.45, 2.75) is 13.0 Å². The predicted octanol–water partition coefficient (Wildman–Crippen LogP) is 2.81. The molecule has 1 amide bonds. The largest absolute Gasteiger partial charge is 0.496 e. The van der Waals surface area contributed by atoms with Crippen LogP contribution in [0.2, 0.25) is 5.02 Å². The van der Waals surface area contributed by atoms with Gasteiger partial charge in [0.05, 0.1) is 23.4 Å². The zero-order valence-electron chi connectivity index (χ0n) is 17.0. The minimum atomic E-state index is -0.241. The smallest absolute Gasteiger partial charge is 0.257 e. The maximum Gasteiger partial charge on any atom is 0.257 e. The number of benzene rings is 2. The van der Waals surface area contributed by atoms with Gasteiger partial charge in [-0.25, -0.2) is 4.39 Å². The zero-order valence-corrected chi connectivity index (χ0v) is 17.8. The highest BCUT2D eigenvalue weighted by atomic mass is 35.5. The number of methoxy groups -OCH3 is 1. The number of hydrogen-bond donors (Lipinski definition) is 0. The fourth-order valence-electron chi connectivity index (χ4n) is 3.68. The van der Waals surface area contributed by atoms with Crippen LogP contribution in [0.15, 0.2) is 42.7 Å². The third-order valence-electron chi connectivity index (χ3n) is 5.29. The zero-order chi connectivity index (χ0) is 21.8. The summed E-state index contributed by atoms with van der Waals surface area (Å²) in [7, 11) is 1.51. The van der Waals surface area contributed by atoms with E-state index in [0.29, 0.717) is 35.1 Å². The lowest BCUT2D eigenvalue weighted by Crippen LogP contribution is -2.35. The average Bonchev–Trinajstić information content (AvgIpc) is 3.21. The molecule has 0 saturated carbocycles. The Labute approximate surface area is 184 Å². The molecule has 162 valence electrons. The van der Waals surface area contributed by atoms with Gasteiger partial charge in [-0.2, -0.15) is 4.68 Å². The number of carbonyl (C=O) groups is 1. The van der Waals surface area contributed by atoms with Gasteiger partial charge in [0.2, 0.25) is 0 Å². The monoisotopic (exact) mass is 444 g/mol. The standard InChI is InChI=1S/C21H22ClFN6O2/c1-31-20-12-19(29-14-24-25-26-29)18(22)11-17(20)21(30)28-8-2-7-27(9-10-28)13-15-3-5-16(23)6-4-15/h3-6,11-12,14H,2,7-10,13H2,1H3. The SMILES string of the molecule is COc1cc(-n2cnnn2)c(Cl)cc1C(=O)N1CCCN(Cc2ccc(F)cc2)CC1. The molecule has 1 fully saturated rings. The molecule has 0 spiro atoms. The van der Waals surface area contributed by atoms with Crippen molar-refractivity contribution in [3.05, 3.63) is 64.7 Å². The van der Waals surface area contributed by atoms with Crippen LogP contribution in [0.1, 0.15) is 22.3 Å². The highest BCUT2D eigenvalue weighted by molar-refractivity contribution is 6.33. The lowest BCUT2D eigenvalue weighted by atomic mass is 10.1. The molecule has 1 saturated heterocycles. The van der Waals surface area contributed by atoms with E-state index in [0.717, 1.165) is 31.6 Å². The Morgan fingerprint density at radius 3 is 2.68 bits per heavy atom. The van der Waals surface area contributed by atoms with Crippen molar-refractivity contribution < 1.29 is 13.9 Å². The summed E-state index contributed by atoms with van der Waals surface area (Å²) in [5, 5.41) is 11.4. The van der Waals surface area contributed by atoms with E-state index >= 15 is 0 Å². The Hall–Kier alpha value is -3.04. The van der Waals surface area contributed by atoms with Crippen molar-refractivity contribution in [1.29, 1.82) is 0 Å². The number of nitrogens with zero attached hydrogens (tertiary/aromatic N) is 6. The summed E-state index contributed by atoms with van der Waals surface area (Å²) >= 11 is 6.41. The summed E-state index contributed by atoms with van der Waals surface area (Å²) in [5.41, 5.74) is 1.98. The lowest BCUT2D eigenvalue weighted by Gasteiger charge is -2.23. The summed E-state index contributed by atoms with van der Waals surface area (Å²) in [6, 6.07) is 9.78. The van der Waals surface area contributed by atoms with Crippen LogP contribution in [-0.2, 0) is 6.54 Å². The van der Waals surface area contributed by atoms with Crippen molar-refractivity contribution in [3.8, 4) is 11.4 Å². The van der Waals surface area contributed by atoms with Crippen molar-refractivity contribution >= 4 is 17.5 Å². The van der Waals surface area contributed by atoms with E-state index in [2.05, 4.69) is 20.4 Å². The molecule has 0 N–H and O–H groups in total. The van der Waals surface area contributed by atoms with E-state index in [-0.39, 0.29) is 11.7 Å². The maximum atomic E-state index is 13.3. The van der Waals surface area contributed by atoms with Gasteiger partial charge < -0.3 is 9.64 Å². The number of carbonyl (C=O) groups excluding carboxylic acids is 1. The molecule has 2 heterocycles. The molecule has 10 heteroatoms. The Morgan fingerprint density at radius 1 is 1.16 bits per heavy atom. The Kier molecular flexibility index (Phi) is 6.43. The second kappa shape index (κ2) is 9.40. The van der Waals surface area contributed by atoms with E-state index in [1.54, 1.807) is 24.3 Å². The summed E-state index contributed by atoms with van der Waals surface area (Å²) in [6.07, 6.45) is 2.26. The number of tetrazole rings is 1. The number of amides is 1. The van der Waals surface area contributed by atoms with Crippen LogP contribution in [0.5, 0.6) is 5.75 Å². The molecule has 31 heavy (non-hydrogen) atoms. The van der Waals surface area contributed by atoms with Crippen molar-refractivity contribution in [1.82, 2.24) is 30.0 Å². The minimum absolute atomic E-state index is 0.134. The average molecular weight is 445 g/mol. The van der Waals surface area contributed by atoms with E-state index in [1.165, 1.54) is 30.3 Å². The van der Waals surface area contributed by atoms with Crippen molar-refractivity contribution in [3.63, 3.8) is 0 Å². The number of hydrogen-bond acceptors (Lipinski definition) is 6. The van der Waals surface area contributed by atoms with E-state index < -0.39 is 0 Å². The quantitative estimate of drug-likeness (QED) is 0.602. The first kappa shape index (κ1) is 21.2. The molecule has 0 unspecified atom stereocenters. The van der Waals surface area contributed by atoms with E-state index in [1.807, 2.05) is 4.90 Å². The second-order valence-electron chi connectivity index (χ2n) is 7.31. The first-order valence-corrected chi connectivity index (χ1v) is 10.3. The number of halogens is 2. The first-order valence-electron chi connectivity index (χ1n) is 9.92. The van der Waals surface area contributed by atoms with Gasteiger partial charge in [0.15, 0.2) is 0 Å². The third-order valence-corrected chi connectivity index (χ3v) is 5.59. The van der Waals surface area contributed by atoms with Gasteiger partial charge in [-0.15, -0.1) is 5.10 Å². The highest BCUT2D eigenvalue weighted by Gasteiger charge is 2.24. The number of aromatic nitrogens is 4. The molecule has 8 nitrogen and oxygen atoms in total. The van der Waals surface area contributed by atoms with E-state index in [4.69, 9.17) is 16.3 Å². The van der Waals surface area contributed by atoms with Crippen LogP contribution in [0.3, 0.4) is 0 Å². The molecule has 4 rings (SSSR count). The predicted molar refractivity (Wildman–Crippen MR) is 113 cm³/mol. The second-order valence-corrected chi connectivity index (χ2v) is 7.71. The Bertz CT molecular complexity index is 1040. The molecule has 0 radical (unpaired) electrons. The van der Waals surface area contributed by atoms with Crippen molar-refractivity contribution in [2.75, 3.05) is 33.3 Å². The molecule has 1 aliphatic heterocycles. The Morgan fingerprint density at radius 2 is 1.97 bits per heavy atom. The van der Waals surface area contributed by atoms with Crippen LogP contribution in [0.25, 0.3) is 5.69 Å². The fourth-order valence-corrected chi connectivity index (χ4v) is 3.93. The normalized spacial score (nSPS) is 15.0. The molecule has 1 aliphatic rings. The van der Waals surface area contributed by atoms with E-state index in [9.17, 15) is 9.18 Å². The molecule has 0 aliphatic carbocycles. The topological polar surface area (TPSA) is 76.4 Å². The van der Waals surface area contributed by atoms with Gasteiger partial charge in [-0.05, 0) is 40.6 Å². The van der Waals surface area contributed by atoms with Crippen molar-refractivity contribution in [2.24, 2.45) is 0 Å². The first-order chi connectivity index (χ1) is 15.0. The fraction of sp³-hybridized carbons (Fsp3) is 0.333. The minimum Gasteiger partial charge on any atom is -0.496 e. The molecule has 3 aromatic rings. The van der Waals surface area contributed by atoms with Gasteiger partial charge in [-0.1, -0.05) is 23.7 Å². The summed E-state index contributed by atoms with van der Waals surface area (Å²) in [4.78, 5) is 17.3. The summed E-state index contributed by atoms with van der Waals surface area (Å²) in [6.45, 7) is 3.51. The molecule has 1 aromatic heterocycles. The maximum absolute atomic E-state index is 13.3. The van der Waals surface area contributed by atoms with Gasteiger partial charge in [0.25, 0.3) is 5.91 Å². The van der Waals surface area contributed by atoms with Gasteiger partial charge in [0.1, 0.15) is 17.9 Å². The number of ether oxygens (including phenoxy) is 1. The summed E-state index contributed by atoms with van der Waals surface area (Å²) in [5.74, 6) is 0.0352. The molecular weight excluding hydrogens is 423 g/mol. The van der Waals surface area contributed by atoms with Crippen LogP contribution in [-0.4, -0.2) is 69.2 Å². The van der Waals surface area contributed by atoms with Crippen LogP contribution >= 0.6 is 11.6 Å². The molecule has 0 atom stereocenters. The Balaban J connectivity index is 1.48. The van der Waals surface area contributed by atoms with Crippen LogP contribution < -0.4 is 4.74 Å². The third kappa shape index (κ3) is 4.83. The highest BCUT2D eigenvalue weighted by Crippen LogP contribution is 2.30. The van der Waals surface area contributed by atoms with Gasteiger partial charge in [-0.3, -0.25) is 9.69 Å². The van der Waals surface area contributed by atoms with Crippen LogP contribution in [0.4, 0.5) is 4.39 Å². The van der Waals surface area contributed by atoms with Crippen LogP contribution in [0, 0.1) is 5.82 Å². The summed E-state index contributed by atoms with van der Waals surface area (Å²) < 4.78 is 20.0. The molecule has 2 aromatic carbocycles. The lowest BCUT2D eigenvalue weighted by molar-refractivity contribution is 0.0757. The number of rotatable bonds is 5. The molecular formula is C21H22ClFN6O2. The van der Waals surface area contributed by atoms with Gasteiger partial charge in [0, 0.05) is 38.8 Å².